The minimum absolute atomic E-state index is 0.305. The largest absolute Gasteiger partial charge is 0.496 e. The normalized spacial score (nSPS) is 9.81. The summed E-state index contributed by atoms with van der Waals surface area (Å²) in [6.07, 6.45) is 0.722. The smallest absolute Gasteiger partial charge is 0.263 e. The van der Waals surface area contributed by atoms with Gasteiger partial charge in [0.25, 0.3) is 5.91 Å². The van der Waals surface area contributed by atoms with E-state index in [2.05, 4.69) is 5.32 Å². The lowest BCUT2D eigenvalue weighted by molar-refractivity contribution is 0.102. The summed E-state index contributed by atoms with van der Waals surface area (Å²) in [5.74, 6) is 0.462. The first-order valence-corrected chi connectivity index (χ1v) is 6.27. The van der Waals surface area contributed by atoms with Gasteiger partial charge in [-0.1, -0.05) is 18.2 Å². The van der Waals surface area contributed by atoms with Crippen molar-refractivity contribution in [1.82, 2.24) is 0 Å². The number of nitrogens with one attached hydrogen (secondary N) is 1. The van der Waals surface area contributed by atoms with E-state index in [0.717, 1.165) is 6.29 Å². The molecule has 0 spiro atoms. The Balaban J connectivity index is 2.33. The zero-order chi connectivity index (χ0) is 15.2. The van der Waals surface area contributed by atoms with E-state index >= 15 is 0 Å². The minimum Gasteiger partial charge on any atom is -0.496 e. The van der Waals surface area contributed by atoms with Crippen molar-refractivity contribution in [2.75, 3.05) is 19.5 Å². The summed E-state index contributed by atoms with van der Waals surface area (Å²) >= 11 is 0. The average Bonchev–Trinajstić information content (AvgIpc) is 2.53. The van der Waals surface area contributed by atoms with Crippen LogP contribution in [0.1, 0.15) is 20.7 Å². The molecule has 0 aromatic heterocycles. The van der Waals surface area contributed by atoms with Crippen LogP contribution in [0.4, 0.5) is 5.69 Å². The van der Waals surface area contributed by atoms with Gasteiger partial charge in [-0.3, -0.25) is 9.59 Å². The Morgan fingerprint density at radius 2 is 1.67 bits per heavy atom. The molecule has 108 valence electrons. The molecular weight excluding hydrogens is 270 g/mol. The maximum atomic E-state index is 12.4. The molecule has 1 amide bonds. The summed E-state index contributed by atoms with van der Waals surface area (Å²) in [6.45, 7) is 0. The first kappa shape index (κ1) is 14.6. The fourth-order valence-electron chi connectivity index (χ4n) is 1.96. The van der Waals surface area contributed by atoms with Crippen LogP contribution in [0, 0.1) is 0 Å². The number of methoxy groups -OCH3 is 2. The monoisotopic (exact) mass is 285 g/mol. The molecule has 0 saturated heterocycles. The van der Waals surface area contributed by atoms with E-state index in [4.69, 9.17) is 9.47 Å². The number of rotatable bonds is 5. The number of hydrogen-bond donors (Lipinski definition) is 1. The number of aldehydes is 1. The van der Waals surface area contributed by atoms with Crippen molar-refractivity contribution in [2.45, 2.75) is 0 Å². The molecule has 2 rings (SSSR count). The van der Waals surface area contributed by atoms with Gasteiger partial charge < -0.3 is 14.8 Å². The first-order chi connectivity index (χ1) is 10.2. The second kappa shape index (κ2) is 6.56. The SMILES string of the molecule is COc1cccc(OC)c1C(=O)Nc1cccc(C=O)c1. The van der Waals surface area contributed by atoms with Gasteiger partial charge in [0.05, 0.1) is 14.2 Å². The molecule has 0 unspecified atom stereocenters. The third kappa shape index (κ3) is 3.20. The third-order valence-corrected chi connectivity index (χ3v) is 2.94. The van der Waals surface area contributed by atoms with Crippen molar-refractivity contribution in [3.05, 3.63) is 53.6 Å². The van der Waals surface area contributed by atoms with E-state index in [9.17, 15) is 9.59 Å². The van der Waals surface area contributed by atoms with E-state index in [-0.39, 0.29) is 5.91 Å². The predicted molar refractivity (Wildman–Crippen MR) is 79.3 cm³/mol. The Kier molecular flexibility index (Phi) is 4.56. The number of carbonyl (C=O) groups is 2. The summed E-state index contributed by atoms with van der Waals surface area (Å²) in [5.41, 5.74) is 1.32. The summed E-state index contributed by atoms with van der Waals surface area (Å²) in [6, 6.07) is 11.7. The van der Waals surface area contributed by atoms with Crippen molar-refractivity contribution in [3.8, 4) is 11.5 Å². The van der Waals surface area contributed by atoms with Crippen molar-refractivity contribution >= 4 is 17.9 Å². The Morgan fingerprint density at radius 1 is 1.05 bits per heavy atom. The number of carbonyl (C=O) groups excluding carboxylic acids is 2. The average molecular weight is 285 g/mol. The Bertz CT molecular complexity index is 645. The van der Waals surface area contributed by atoms with Crippen molar-refractivity contribution < 1.29 is 19.1 Å². The van der Waals surface area contributed by atoms with Gasteiger partial charge in [-0.25, -0.2) is 0 Å². The van der Waals surface area contributed by atoms with E-state index in [0.29, 0.717) is 28.3 Å². The van der Waals surface area contributed by atoms with Gasteiger partial charge in [0.1, 0.15) is 23.3 Å². The zero-order valence-corrected chi connectivity index (χ0v) is 11.8. The van der Waals surface area contributed by atoms with Gasteiger partial charge in [-0.15, -0.1) is 0 Å². The third-order valence-electron chi connectivity index (χ3n) is 2.94. The lowest BCUT2D eigenvalue weighted by atomic mass is 10.1. The van der Waals surface area contributed by atoms with Crippen LogP contribution in [0.25, 0.3) is 0 Å². The molecular formula is C16H15NO4. The summed E-state index contributed by atoms with van der Waals surface area (Å²) < 4.78 is 10.4. The van der Waals surface area contributed by atoms with Crippen LogP contribution in [-0.2, 0) is 0 Å². The summed E-state index contributed by atoms with van der Waals surface area (Å²) in [4.78, 5) is 23.2. The van der Waals surface area contributed by atoms with Crippen LogP contribution in [0.15, 0.2) is 42.5 Å². The second-order valence-electron chi connectivity index (χ2n) is 4.23. The lowest BCUT2D eigenvalue weighted by Crippen LogP contribution is -2.14. The molecule has 0 fully saturated rings. The molecule has 0 aliphatic heterocycles. The van der Waals surface area contributed by atoms with Gasteiger partial charge in [0, 0.05) is 11.3 Å². The topological polar surface area (TPSA) is 64.6 Å². The highest BCUT2D eigenvalue weighted by molar-refractivity contribution is 6.08. The first-order valence-electron chi connectivity index (χ1n) is 6.27. The fraction of sp³-hybridized carbons (Fsp3) is 0.125. The van der Waals surface area contributed by atoms with Gasteiger partial charge in [0.2, 0.25) is 0 Å². The Hall–Kier alpha value is -2.82. The molecule has 5 nitrogen and oxygen atoms in total. The number of ether oxygens (including phenoxy) is 2. The highest BCUT2D eigenvalue weighted by Gasteiger charge is 2.18. The van der Waals surface area contributed by atoms with Gasteiger partial charge in [-0.2, -0.15) is 0 Å². The molecule has 0 saturated carbocycles. The molecule has 0 bridgehead atoms. The Labute approximate surface area is 122 Å². The number of benzene rings is 2. The number of anilines is 1. The molecule has 1 N–H and O–H groups in total. The zero-order valence-electron chi connectivity index (χ0n) is 11.8. The van der Waals surface area contributed by atoms with Crippen LogP contribution >= 0.6 is 0 Å². The van der Waals surface area contributed by atoms with Crippen LogP contribution in [0.5, 0.6) is 11.5 Å². The van der Waals surface area contributed by atoms with Crippen molar-refractivity contribution in [2.24, 2.45) is 0 Å². The fourth-order valence-corrected chi connectivity index (χ4v) is 1.96. The van der Waals surface area contributed by atoms with Crippen LogP contribution < -0.4 is 14.8 Å². The molecule has 2 aromatic rings. The van der Waals surface area contributed by atoms with Crippen molar-refractivity contribution in [1.29, 1.82) is 0 Å². The highest BCUT2D eigenvalue weighted by Crippen LogP contribution is 2.29. The lowest BCUT2D eigenvalue weighted by Gasteiger charge is -2.13. The molecule has 21 heavy (non-hydrogen) atoms. The maximum Gasteiger partial charge on any atom is 0.263 e. The predicted octanol–water partition coefficient (Wildman–Crippen LogP) is 2.77. The molecule has 2 aromatic carbocycles. The quantitative estimate of drug-likeness (QED) is 0.858. The number of amides is 1. The molecule has 0 aliphatic carbocycles. The van der Waals surface area contributed by atoms with E-state index < -0.39 is 0 Å². The Morgan fingerprint density at radius 3 is 2.24 bits per heavy atom. The molecule has 0 atom stereocenters. The van der Waals surface area contributed by atoms with E-state index in [1.807, 2.05) is 0 Å². The number of hydrogen-bond acceptors (Lipinski definition) is 4. The van der Waals surface area contributed by atoms with Gasteiger partial charge >= 0.3 is 0 Å². The molecule has 0 radical (unpaired) electrons. The molecule has 0 aliphatic rings. The van der Waals surface area contributed by atoms with Crippen LogP contribution in [0.3, 0.4) is 0 Å². The second-order valence-corrected chi connectivity index (χ2v) is 4.23. The van der Waals surface area contributed by atoms with E-state index in [1.54, 1.807) is 42.5 Å². The van der Waals surface area contributed by atoms with Crippen molar-refractivity contribution in [3.63, 3.8) is 0 Å². The van der Waals surface area contributed by atoms with Crippen LogP contribution in [0.2, 0.25) is 0 Å². The van der Waals surface area contributed by atoms with Crippen LogP contribution in [-0.4, -0.2) is 26.4 Å². The standard InChI is InChI=1S/C16H15NO4/c1-20-13-7-4-8-14(21-2)15(13)16(19)17-12-6-3-5-11(9-12)10-18/h3-10H,1-2H3,(H,17,19). The highest BCUT2D eigenvalue weighted by atomic mass is 16.5. The van der Waals surface area contributed by atoms with Gasteiger partial charge in [-0.05, 0) is 24.3 Å². The van der Waals surface area contributed by atoms with Gasteiger partial charge in [0.15, 0.2) is 0 Å². The summed E-state index contributed by atoms with van der Waals surface area (Å²) in [7, 11) is 2.97. The minimum atomic E-state index is -0.368. The molecule has 0 heterocycles. The maximum absolute atomic E-state index is 12.4. The molecule has 5 heteroatoms. The summed E-state index contributed by atoms with van der Waals surface area (Å²) in [5, 5.41) is 2.72. The van der Waals surface area contributed by atoms with E-state index in [1.165, 1.54) is 14.2 Å².